The highest BCUT2D eigenvalue weighted by molar-refractivity contribution is 5.97. The zero-order valence-corrected chi connectivity index (χ0v) is 12.2. The van der Waals surface area contributed by atoms with Gasteiger partial charge in [0.1, 0.15) is 17.7 Å². The highest BCUT2D eigenvalue weighted by atomic mass is 16.5. The Morgan fingerprint density at radius 3 is 3.05 bits per heavy atom. The Hall–Kier alpha value is -2.30. The van der Waals surface area contributed by atoms with Crippen molar-refractivity contribution < 1.29 is 9.53 Å². The van der Waals surface area contributed by atoms with Crippen molar-refractivity contribution in [2.24, 2.45) is 0 Å². The maximum Gasteiger partial charge on any atom is 0.255 e. The van der Waals surface area contributed by atoms with Gasteiger partial charge in [0.15, 0.2) is 0 Å². The van der Waals surface area contributed by atoms with Crippen LogP contribution in [0, 0.1) is 0 Å². The molecule has 2 unspecified atom stereocenters. The first kappa shape index (κ1) is 13.7. The largest absolute Gasteiger partial charge is 0.489 e. The number of imidazole rings is 1. The van der Waals surface area contributed by atoms with Crippen molar-refractivity contribution >= 4 is 5.91 Å². The van der Waals surface area contributed by atoms with E-state index in [-0.39, 0.29) is 12.0 Å². The zero-order valence-electron chi connectivity index (χ0n) is 12.2. The third kappa shape index (κ3) is 2.63. The molecule has 2 aromatic rings. The normalized spacial score (nSPS) is 19.9. The van der Waals surface area contributed by atoms with Crippen molar-refractivity contribution in [3.8, 4) is 5.75 Å². The molecule has 0 spiro atoms. The van der Waals surface area contributed by atoms with Crippen molar-refractivity contribution in [1.29, 1.82) is 0 Å². The molecular formula is C16H19N3O2. The number of carbonyl (C=O) groups is 1. The van der Waals surface area contributed by atoms with Gasteiger partial charge in [0.05, 0.1) is 5.56 Å². The van der Waals surface area contributed by atoms with Gasteiger partial charge >= 0.3 is 0 Å². The number of para-hydroxylation sites is 1. The van der Waals surface area contributed by atoms with Crippen molar-refractivity contribution in [3.63, 3.8) is 0 Å². The summed E-state index contributed by atoms with van der Waals surface area (Å²) in [7, 11) is 0. The number of fused-ring (bicyclic) bond motifs is 1. The molecule has 0 saturated heterocycles. The van der Waals surface area contributed by atoms with Gasteiger partial charge in [0.25, 0.3) is 5.91 Å². The topological polar surface area (TPSA) is 67.0 Å². The Kier molecular flexibility index (Phi) is 3.64. The number of hydrogen-bond acceptors (Lipinski definition) is 3. The first-order valence-corrected chi connectivity index (χ1v) is 7.23. The van der Waals surface area contributed by atoms with Crippen LogP contribution in [0.3, 0.4) is 0 Å². The molecule has 0 bridgehead atoms. The van der Waals surface area contributed by atoms with Crippen LogP contribution in [0.25, 0.3) is 0 Å². The quantitative estimate of drug-likeness (QED) is 0.905. The Balaban J connectivity index is 1.68. The van der Waals surface area contributed by atoms with Gasteiger partial charge in [0.2, 0.25) is 0 Å². The van der Waals surface area contributed by atoms with Gasteiger partial charge in [-0.2, -0.15) is 0 Å². The second kappa shape index (κ2) is 5.60. The Morgan fingerprint density at radius 1 is 1.43 bits per heavy atom. The number of rotatable bonds is 4. The number of ether oxygens (including phenoxy) is 1. The maximum atomic E-state index is 12.3. The molecule has 1 aliphatic rings. The summed E-state index contributed by atoms with van der Waals surface area (Å²) in [6.45, 7) is 4.69. The minimum atomic E-state index is -0.0975. The first-order valence-electron chi connectivity index (χ1n) is 7.23. The molecule has 0 aliphatic carbocycles. The number of hydrogen-bond donors (Lipinski definition) is 2. The van der Waals surface area contributed by atoms with Crippen LogP contribution >= 0.6 is 0 Å². The van der Waals surface area contributed by atoms with Crippen LogP contribution in [0.4, 0.5) is 0 Å². The fraction of sp³-hybridized carbons (Fsp3) is 0.375. The molecule has 0 radical (unpaired) electrons. The molecule has 1 aromatic carbocycles. The predicted octanol–water partition coefficient (Wildman–Crippen LogP) is 2.27. The van der Waals surface area contributed by atoms with E-state index in [0.29, 0.717) is 24.4 Å². The number of carbonyl (C=O) groups excluding carboxylic acids is 1. The van der Waals surface area contributed by atoms with Crippen LogP contribution in [-0.4, -0.2) is 28.5 Å². The lowest BCUT2D eigenvalue weighted by molar-refractivity contribution is 0.0949. The van der Waals surface area contributed by atoms with E-state index in [1.165, 1.54) is 0 Å². The van der Waals surface area contributed by atoms with Crippen LogP contribution in [0.2, 0.25) is 0 Å². The van der Waals surface area contributed by atoms with Crippen molar-refractivity contribution in [3.05, 3.63) is 47.5 Å². The second-order valence-corrected chi connectivity index (χ2v) is 5.38. The average Bonchev–Trinajstić information content (AvgIpc) is 3.08. The lowest BCUT2D eigenvalue weighted by Gasteiger charge is -2.09. The molecule has 21 heavy (non-hydrogen) atoms. The minimum absolute atomic E-state index is 0.0975. The molecule has 0 fully saturated rings. The van der Waals surface area contributed by atoms with Gasteiger partial charge < -0.3 is 15.0 Å². The molecule has 1 aliphatic heterocycles. The molecule has 2 atom stereocenters. The van der Waals surface area contributed by atoms with Gasteiger partial charge in [-0.05, 0) is 13.0 Å². The van der Waals surface area contributed by atoms with E-state index in [2.05, 4.69) is 22.2 Å². The third-order valence-corrected chi connectivity index (χ3v) is 3.99. The summed E-state index contributed by atoms with van der Waals surface area (Å²) < 4.78 is 5.84. The molecule has 1 amide bonds. The van der Waals surface area contributed by atoms with E-state index in [4.69, 9.17) is 4.74 Å². The number of amides is 1. The summed E-state index contributed by atoms with van der Waals surface area (Å²) in [5.74, 6) is 1.82. The number of aromatic nitrogens is 2. The molecule has 0 saturated carbocycles. The number of nitrogens with one attached hydrogen (secondary N) is 2. The van der Waals surface area contributed by atoms with Crippen LogP contribution in [0.1, 0.15) is 41.5 Å². The Morgan fingerprint density at radius 2 is 2.29 bits per heavy atom. The average molecular weight is 285 g/mol. The van der Waals surface area contributed by atoms with Crippen LogP contribution < -0.4 is 10.1 Å². The van der Waals surface area contributed by atoms with Gasteiger partial charge in [-0.1, -0.05) is 19.1 Å². The van der Waals surface area contributed by atoms with E-state index >= 15 is 0 Å². The third-order valence-electron chi connectivity index (χ3n) is 3.99. The predicted molar refractivity (Wildman–Crippen MR) is 79.6 cm³/mol. The molecule has 110 valence electrons. The monoisotopic (exact) mass is 285 g/mol. The highest BCUT2D eigenvalue weighted by Crippen LogP contribution is 2.40. The molecule has 2 heterocycles. The fourth-order valence-electron chi connectivity index (χ4n) is 2.59. The van der Waals surface area contributed by atoms with Gasteiger partial charge in [-0.3, -0.25) is 4.79 Å². The van der Waals surface area contributed by atoms with Crippen LogP contribution in [0.15, 0.2) is 30.6 Å². The standard InChI is InChI=1S/C16H19N3O2/c1-10-11(2)21-15-12(10)4-3-5-13(15)16(20)19-7-6-14-17-8-9-18-14/h3-5,8-11H,6-7H2,1-2H3,(H,17,18)(H,19,20). The van der Waals surface area contributed by atoms with E-state index in [1.54, 1.807) is 12.4 Å². The smallest absolute Gasteiger partial charge is 0.255 e. The molecule has 3 rings (SSSR count). The number of benzene rings is 1. The number of H-pyrrole nitrogens is 1. The Bertz CT molecular complexity index is 637. The van der Waals surface area contributed by atoms with Gasteiger partial charge in [-0.15, -0.1) is 0 Å². The summed E-state index contributed by atoms with van der Waals surface area (Å²) >= 11 is 0. The molecular weight excluding hydrogens is 266 g/mol. The highest BCUT2D eigenvalue weighted by Gasteiger charge is 2.30. The van der Waals surface area contributed by atoms with E-state index in [9.17, 15) is 4.79 Å². The SMILES string of the molecule is CC1Oc2c(C(=O)NCCc3ncc[nH]3)cccc2C1C. The molecule has 5 nitrogen and oxygen atoms in total. The van der Waals surface area contributed by atoms with E-state index in [0.717, 1.165) is 17.1 Å². The summed E-state index contributed by atoms with van der Waals surface area (Å²) in [6.07, 6.45) is 4.27. The van der Waals surface area contributed by atoms with Crippen LogP contribution in [0.5, 0.6) is 5.75 Å². The number of aromatic amines is 1. The summed E-state index contributed by atoms with van der Waals surface area (Å²) in [6, 6.07) is 5.76. The lowest BCUT2D eigenvalue weighted by Crippen LogP contribution is -2.26. The van der Waals surface area contributed by atoms with Crippen molar-refractivity contribution in [2.45, 2.75) is 32.3 Å². The van der Waals surface area contributed by atoms with E-state index in [1.807, 2.05) is 25.1 Å². The van der Waals surface area contributed by atoms with Gasteiger partial charge in [-0.25, -0.2) is 4.98 Å². The number of nitrogens with zero attached hydrogens (tertiary/aromatic N) is 1. The molecule has 1 aromatic heterocycles. The van der Waals surface area contributed by atoms with Gasteiger partial charge in [0, 0.05) is 36.8 Å². The fourth-order valence-corrected chi connectivity index (χ4v) is 2.59. The lowest BCUT2D eigenvalue weighted by atomic mass is 9.97. The molecule has 2 N–H and O–H groups in total. The summed E-state index contributed by atoms with van der Waals surface area (Å²) in [5, 5.41) is 2.92. The van der Waals surface area contributed by atoms with E-state index < -0.39 is 0 Å². The summed E-state index contributed by atoms with van der Waals surface area (Å²) in [5.41, 5.74) is 1.73. The minimum Gasteiger partial charge on any atom is -0.489 e. The first-order chi connectivity index (χ1) is 10.2. The summed E-state index contributed by atoms with van der Waals surface area (Å²) in [4.78, 5) is 19.5. The molecule has 5 heteroatoms. The Labute approximate surface area is 123 Å². The van der Waals surface area contributed by atoms with Crippen molar-refractivity contribution in [2.75, 3.05) is 6.54 Å². The van der Waals surface area contributed by atoms with Crippen LogP contribution in [-0.2, 0) is 6.42 Å². The maximum absolute atomic E-state index is 12.3. The van der Waals surface area contributed by atoms with Crippen molar-refractivity contribution in [1.82, 2.24) is 15.3 Å². The zero-order chi connectivity index (χ0) is 14.8. The second-order valence-electron chi connectivity index (χ2n) is 5.38.